The summed E-state index contributed by atoms with van der Waals surface area (Å²) in [6, 6.07) is 0. The maximum absolute atomic E-state index is 2.23. The van der Waals surface area contributed by atoms with E-state index >= 15 is 0 Å². The Morgan fingerprint density at radius 3 is 1.00 bits per heavy atom. The molecule has 0 aliphatic rings. The predicted octanol–water partition coefficient (Wildman–Crippen LogP) is 2.99. The van der Waals surface area contributed by atoms with E-state index < -0.39 is 0 Å². The number of quaternary nitrogens is 2. The molecule has 0 aromatic heterocycles. The van der Waals surface area contributed by atoms with Gasteiger partial charge in [0.15, 0.2) is 0 Å². The summed E-state index contributed by atoms with van der Waals surface area (Å²) in [5.74, 6) is 0. The van der Waals surface area contributed by atoms with Gasteiger partial charge in [-0.2, -0.15) is 0 Å². The zero-order valence-corrected chi connectivity index (χ0v) is 7.72. The van der Waals surface area contributed by atoms with Crippen molar-refractivity contribution in [2.45, 2.75) is 39.5 Å². The van der Waals surface area contributed by atoms with E-state index in [-0.39, 0.29) is 23.3 Å². The molecule has 4 heteroatoms. The van der Waals surface area contributed by atoms with Crippen molar-refractivity contribution in [3.8, 4) is 0 Å². The minimum atomic E-state index is 0. The van der Waals surface area contributed by atoms with E-state index in [4.69, 9.17) is 0 Å². The number of rotatable bonds is 3. The maximum Gasteiger partial charge on any atom is -0.0536 e. The van der Waals surface area contributed by atoms with Gasteiger partial charge in [-0.25, -0.2) is 0 Å². The molecule has 0 aromatic rings. The van der Waals surface area contributed by atoms with E-state index in [1.807, 2.05) is 0 Å². The molecule has 0 rings (SSSR count). The standard InChI is InChI=1S/C6H14.2H3N.2H2O/c1-3-5-6-4-2;;;;/h3-6H2,1-2H3;2*1H3;2*1H2. The normalized spacial score (nSPS) is 5.40. The number of hydrogen-bond donors (Lipinski definition) is 2. The molecule has 10 N–H and O–H groups in total. The summed E-state index contributed by atoms with van der Waals surface area (Å²) >= 11 is 0. The molecule has 0 aromatic carbocycles. The second-order valence-electron chi connectivity index (χ2n) is 1.71. The minimum Gasteiger partial charge on any atom is -0.870 e. The van der Waals surface area contributed by atoms with Gasteiger partial charge < -0.3 is 23.3 Å². The molecule has 0 aliphatic carbocycles. The van der Waals surface area contributed by atoms with Crippen molar-refractivity contribution in [1.29, 1.82) is 0 Å². The summed E-state index contributed by atoms with van der Waals surface area (Å²) < 4.78 is 0. The lowest BCUT2D eigenvalue weighted by Crippen LogP contribution is -1.66. The molecule has 0 aliphatic heterocycles. The second-order valence-corrected chi connectivity index (χ2v) is 1.71. The van der Waals surface area contributed by atoms with Crippen LogP contribution in [0.25, 0.3) is 0 Å². The third-order valence-electron chi connectivity index (χ3n) is 0.957. The van der Waals surface area contributed by atoms with Crippen molar-refractivity contribution in [3.63, 3.8) is 0 Å². The molecule has 0 heterocycles. The fourth-order valence-corrected chi connectivity index (χ4v) is 0.500. The van der Waals surface area contributed by atoms with Gasteiger partial charge in [0, 0.05) is 0 Å². The summed E-state index contributed by atoms with van der Waals surface area (Å²) in [7, 11) is 0. The van der Waals surface area contributed by atoms with Crippen LogP contribution in [-0.4, -0.2) is 11.0 Å². The Bertz CT molecular complexity index is 25.7. The van der Waals surface area contributed by atoms with E-state index in [9.17, 15) is 0 Å². The van der Waals surface area contributed by atoms with Crippen LogP contribution in [0.5, 0.6) is 0 Å². The Morgan fingerprint density at radius 2 is 0.900 bits per heavy atom. The van der Waals surface area contributed by atoms with E-state index in [2.05, 4.69) is 13.8 Å². The largest absolute Gasteiger partial charge is 0.870 e. The lowest BCUT2D eigenvalue weighted by atomic mass is 10.2. The quantitative estimate of drug-likeness (QED) is 0.607. The fraction of sp³-hybridized carbons (Fsp3) is 1.00. The smallest absolute Gasteiger partial charge is 0.0536 e. The topological polar surface area (TPSA) is 133 Å². The molecule has 0 saturated carbocycles. The third kappa shape index (κ3) is 45.5. The molecular formula is C6H24N2O2. The van der Waals surface area contributed by atoms with Crippen LogP contribution in [0.4, 0.5) is 0 Å². The van der Waals surface area contributed by atoms with Gasteiger partial charge in [0.1, 0.15) is 0 Å². The monoisotopic (exact) mass is 156 g/mol. The molecule has 4 nitrogen and oxygen atoms in total. The Balaban J connectivity index is -0.0000000208. The summed E-state index contributed by atoms with van der Waals surface area (Å²) in [5.41, 5.74) is 0. The minimum absolute atomic E-state index is 0. The van der Waals surface area contributed by atoms with Crippen LogP contribution in [0.1, 0.15) is 39.5 Å². The summed E-state index contributed by atoms with van der Waals surface area (Å²) in [4.78, 5) is 0. The molecule has 10 heavy (non-hydrogen) atoms. The Labute approximate surface area is 63.8 Å². The van der Waals surface area contributed by atoms with Crippen molar-refractivity contribution in [3.05, 3.63) is 0 Å². The molecule has 0 unspecified atom stereocenters. The van der Waals surface area contributed by atoms with E-state index in [0.717, 1.165) is 0 Å². The fourth-order valence-electron chi connectivity index (χ4n) is 0.500. The highest BCUT2D eigenvalue weighted by molar-refractivity contribution is 4.31. The average Bonchev–Trinajstić information content (AvgIpc) is 1.61. The van der Waals surface area contributed by atoms with E-state index in [1.54, 1.807) is 0 Å². The first kappa shape index (κ1) is 32.8. The highest BCUT2D eigenvalue weighted by Crippen LogP contribution is 1.95. The molecule has 70 valence electrons. The van der Waals surface area contributed by atoms with Gasteiger partial charge in [0.25, 0.3) is 0 Å². The zero-order chi connectivity index (χ0) is 4.83. The van der Waals surface area contributed by atoms with Crippen molar-refractivity contribution < 1.29 is 11.0 Å². The molecule has 0 radical (unpaired) electrons. The lowest BCUT2D eigenvalue weighted by Gasteiger charge is -1.86. The molecule has 0 atom stereocenters. The summed E-state index contributed by atoms with van der Waals surface area (Å²) in [5, 5.41) is 0. The Morgan fingerprint density at radius 1 is 0.700 bits per heavy atom. The molecule has 0 fully saturated rings. The van der Waals surface area contributed by atoms with E-state index in [0.29, 0.717) is 0 Å². The number of unbranched alkanes of at least 4 members (excludes halogenated alkanes) is 3. The summed E-state index contributed by atoms with van der Waals surface area (Å²) in [6.07, 6.45) is 5.54. The van der Waals surface area contributed by atoms with Crippen LogP contribution < -0.4 is 12.3 Å². The zero-order valence-electron chi connectivity index (χ0n) is 7.72. The van der Waals surface area contributed by atoms with Crippen molar-refractivity contribution in [2.24, 2.45) is 0 Å². The van der Waals surface area contributed by atoms with Gasteiger partial charge in [-0.1, -0.05) is 39.5 Å². The molecule has 0 amide bonds. The van der Waals surface area contributed by atoms with Gasteiger partial charge >= 0.3 is 0 Å². The first-order chi connectivity index (χ1) is 2.91. The molecule has 0 spiro atoms. The van der Waals surface area contributed by atoms with Crippen molar-refractivity contribution >= 4 is 0 Å². The van der Waals surface area contributed by atoms with Crippen LogP contribution in [0.3, 0.4) is 0 Å². The van der Waals surface area contributed by atoms with Crippen LogP contribution in [-0.2, 0) is 0 Å². The predicted molar refractivity (Wildman–Crippen MR) is 45.7 cm³/mol. The number of hydrogen-bond acceptors (Lipinski definition) is 2. The van der Waals surface area contributed by atoms with Crippen LogP contribution in [0, 0.1) is 0 Å². The van der Waals surface area contributed by atoms with Crippen LogP contribution >= 0.6 is 0 Å². The van der Waals surface area contributed by atoms with Crippen molar-refractivity contribution in [1.82, 2.24) is 12.3 Å². The van der Waals surface area contributed by atoms with Gasteiger partial charge in [-0.3, -0.25) is 0 Å². The van der Waals surface area contributed by atoms with Gasteiger partial charge in [-0.05, 0) is 0 Å². The highest BCUT2D eigenvalue weighted by Gasteiger charge is 1.75. The first-order valence-electron chi connectivity index (χ1n) is 2.91. The SMILES string of the molecule is CCCCCC.[NH4+].[NH4+].[OH-].[OH-]. The highest BCUT2D eigenvalue weighted by atomic mass is 16.0. The second kappa shape index (κ2) is 36.8. The first-order valence-corrected chi connectivity index (χ1v) is 2.91. The molecule has 0 saturated heterocycles. The Kier molecular flexibility index (Phi) is 121. The van der Waals surface area contributed by atoms with Gasteiger partial charge in [-0.15, -0.1) is 0 Å². The van der Waals surface area contributed by atoms with Crippen LogP contribution in [0.15, 0.2) is 0 Å². The van der Waals surface area contributed by atoms with Crippen molar-refractivity contribution in [2.75, 3.05) is 0 Å². The lowest BCUT2D eigenvalue weighted by molar-refractivity contribution is 0.702. The molecular weight excluding hydrogens is 132 g/mol. The third-order valence-corrected chi connectivity index (χ3v) is 0.957. The average molecular weight is 156 g/mol. The van der Waals surface area contributed by atoms with Gasteiger partial charge in [0.2, 0.25) is 0 Å². The Hall–Kier alpha value is -0.160. The summed E-state index contributed by atoms with van der Waals surface area (Å²) in [6.45, 7) is 4.46. The van der Waals surface area contributed by atoms with E-state index in [1.165, 1.54) is 25.7 Å². The molecule has 0 bridgehead atoms. The maximum atomic E-state index is 2.23. The van der Waals surface area contributed by atoms with Gasteiger partial charge in [0.05, 0.1) is 0 Å². The van der Waals surface area contributed by atoms with Crippen LogP contribution in [0.2, 0.25) is 0 Å².